The highest BCUT2D eigenvalue weighted by atomic mass is 32.2. The highest BCUT2D eigenvalue weighted by molar-refractivity contribution is 7.99. The lowest BCUT2D eigenvalue weighted by Gasteiger charge is -2.35. The van der Waals surface area contributed by atoms with E-state index in [0.29, 0.717) is 18.4 Å². The molecule has 0 aromatic heterocycles. The van der Waals surface area contributed by atoms with Gasteiger partial charge < -0.3 is 9.64 Å². The highest BCUT2D eigenvalue weighted by Gasteiger charge is 2.27. The van der Waals surface area contributed by atoms with Gasteiger partial charge in [-0.25, -0.2) is 0 Å². The van der Waals surface area contributed by atoms with E-state index >= 15 is 0 Å². The van der Waals surface area contributed by atoms with Crippen LogP contribution in [0.4, 0.5) is 0 Å². The van der Waals surface area contributed by atoms with Gasteiger partial charge in [-0.05, 0) is 24.3 Å². The second-order valence-electron chi connectivity index (χ2n) is 6.49. The number of ether oxygens (including phenoxy) is 1. The van der Waals surface area contributed by atoms with Gasteiger partial charge >= 0.3 is 0 Å². The predicted octanol–water partition coefficient (Wildman–Crippen LogP) is 2.84. The van der Waals surface area contributed by atoms with Gasteiger partial charge in [0.15, 0.2) is 0 Å². The summed E-state index contributed by atoms with van der Waals surface area (Å²) in [5, 5.41) is 0. The molecule has 0 radical (unpaired) electrons. The van der Waals surface area contributed by atoms with Crippen molar-refractivity contribution in [2.75, 3.05) is 56.7 Å². The minimum atomic E-state index is 0.323. The molecule has 0 saturated carbocycles. The minimum Gasteiger partial charge on any atom is -0.379 e. The van der Waals surface area contributed by atoms with E-state index in [4.69, 9.17) is 4.74 Å². The van der Waals surface area contributed by atoms with E-state index in [-0.39, 0.29) is 0 Å². The van der Waals surface area contributed by atoms with Crippen molar-refractivity contribution in [3.8, 4) is 0 Å². The maximum atomic E-state index is 12.9. The van der Waals surface area contributed by atoms with Gasteiger partial charge in [0.25, 0.3) is 0 Å². The van der Waals surface area contributed by atoms with Gasteiger partial charge in [0.05, 0.1) is 19.3 Å². The van der Waals surface area contributed by atoms with E-state index in [1.165, 1.54) is 10.6 Å². The van der Waals surface area contributed by atoms with Crippen molar-refractivity contribution < 1.29 is 9.53 Å². The first-order valence-electron chi connectivity index (χ1n) is 9.18. The molecule has 3 rings (SSSR count). The molecule has 138 valence electrons. The number of hydrogen-bond donors (Lipinski definition) is 0. The van der Waals surface area contributed by atoms with E-state index in [9.17, 15) is 4.79 Å². The van der Waals surface area contributed by atoms with Gasteiger partial charge in [0.1, 0.15) is 0 Å². The Hall–Kier alpha value is -0.690. The smallest absolute Gasteiger partial charge is 0.223 e. The maximum Gasteiger partial charge on any atom is 0.223 e. The van der Waals surface area contributed by atoms with Crippen LogP contribution in [0.5, 0.6) is 0 Å². The van der Waals surface area contributed by atoms with E-state index in [0.717, 1.165) is 57.3 Å². The van der Waals surface area contributed by atoms with Gasteiger partial charge in [-0.2, -0.15) is 11.8 Å². The summed E-state index contributed by atoms with van der Waals surface area (Å²) in [6.07, 6.45) is 1.74. The number of carbonyl (C=O) groups excluding carboxylic acids is 1. The van der Waals surface area contributed by atoms with E-state index in [2.05, 4.69) is 34.1 Å². The largest absolute Gasteiger partial charge is 0.379 e. The van der Waals surface area contributed by atoms with Crippen LogP contribution in [0.25, 0.3) is 0 Å². The summed E-state index contributed by atoms with van der Waals surface area (Å²) in [6, 6.07) is 10.7. The number of morpholine rings is 1. The Labute approximate surface area is 159 Å². The SMILES string of the molecule is O=C(CCSc1ccccc1)N1CCCSC[C@@H]1CN1CCOCC1. The van der Waals surface area contributed by atoms with Crippen LogP contribution >= 0.6 is 23.5 Å². The molecule has 0 spiro atoms. The van der Waals surface area contributed by atoms with Crippen LogP contribution in [0.15, 0.2) is 35.2 Å². The monoisotopic (exact) mass is 380 g/mol. The Morgan fingerprint density at radius 2 is 2.00 bits per heavy atom. The number of thioether (sulfide) groups is 2. The number of rotatable bonds is 6. The number of nitrogens with zero attached hydrogens (tertiary/aromatic N) is 2. The molecule has 1 atom stereocenters. The first-order chi connectivity index (χ1) is 12.3. The first kappa shape index (κ1) is 19.1. The Kier molecular flexibility index (Phi) is 7.98. The van der Waals surface area contributed by atoms with Crippen molar-refractivity contribution >= 4 is 29.4 Å². The van der Waals surface area contributed by atoms with Gasteiger partial charge in [0, 0.05) is 49.0 Å². The fourth-order valence-electron chi connectivity index (χ4n) is 3.31. The Morgan fingerprint density at radius 3 is 2.80 bits per heavy atom. The second kappa shape index (κ2) is 10.5. The maximum absolute atomic E-state index is 12.9. The molecule has 1 aromatic carbocycles. The molecule has 25 heavy (non-hydrogen) atoms. The topological polar surface area (TPSA) is 32.8 Å². The molecule has 2 fully saturated rings. The molecule has 1 amide bonds. The van der Waals surface area contributed by atoms with Crippen LogP contribution in [0, 0.1) is 0 Å². The van der Waals surface area contributed by atoms with Gasteiger partial charge in [-0.1, -0.05) is 18.2 Å². The quantitative estimate of drug-likeness (QED) is 0.709. The van der Waals surface area contributed by atoms with Crippen LogP contribution in [-0.2, 0) is 9.53 Å². The molecule has 2 heterocycles. The summed E-state index contributed by atoms with van der Waals surface area (Å²) in [7, 11) is 0. The number of benzene rings is 1. The predicted molar refractivity (Wildman–Crippen MR) is 106 cm³/mol. The molecular weight excluding hydrogens is 352 g/mol. The summed E-state index contributed by atoms with van der Waals surface area (Å²) in [5.41, 5.74) is 0. The second-order valence-corrected chi connectivity index (χ2v) is 8.81. The zero-order valence-electron chi connectivity index (χ0n) is 14.8. The normalized spacial score (nSPS) is 22.6. The Balaban J connectivity index is 1.51. The highest BCUT2D eigenvalue weighted by Crippen LogP contribution is 2.21. The summed E-state index contributed by atoms with van der Waals surface area (Å²) >= 11 is 3.77. The Bertz CT molecular complexity index is 523. The standard InChI is InChI=1S/C19H28N2O2S2/c22-19(7-14-25-18-5-2-1-3-6-18)21-8-4-13-24-16-17(21)15-20-9-11-23-12-10-20/h1-3,5-6,17H,4,7-16H2/t17-/m0/s1. The molecular formula is C19H28N2O2S2. The fraction of sp³-hybridized carbons (Fsp3) is 0.632. The summed E-state index contributed by atoms with van der Waals surface area (Å²) in [6.45, 7) is 5.54. The molecule has 4 nitrogen and oxygen atoms in total. The third kappa shape index (κ3) is 6.20. The van der Waals surface area contributed by atoms with Crippen molar-refractivity contribution in [3.05, 3.63) is 30.3 Å². The van der Waals surface area contributed by atoms with Crippen molar-refractivity contribution in [2.24, 2.45) is 0 Å². The summed E-state index contributed by atoms with van der Waals surface area (Å²) in [5.74, 6) is 3.41. The number of hydrogen-bond acceptors (Lipinski definition) is 5. The third-order valence-electron chi connectivity index (χ3n) is 4.66. The lowest BCUT2D eigenvalue weighted by Crippen LogP contribution is -2.50. The minimum absolute atomic E-state index is 0.323. The molecule has 2 aliphatic heterocycles. The van der Waals surface area contributed by atoms with E-state index in [1.807, 2.05) is 17.8 Å². The van der Waals surface area contributed by atoms with Crippen molar-refractivity contribution in [3.63, 3.8) is 0 Å². The van der Waals surface area contributed by atoms with Crippen molar-refractivity contribution in [2.45, 2.75) is 23.8 Å². The summed E-state index contributed by atoms with van der Waals surface area (Å²) < 4.78 is 5.45. The molecule has 2 saturated heterocycles. The average molecular weight is 381 g/mol. The van der Waals surface area contributed by atoms with Gasteiger partial charge in [0.2, 0.25) is 5.91 Å². The average Bonchev–Trinajstić information content (AvgIpc) is 2.89. The third-order valence-corrected chi connectivity index (χ3v) is 6.87. The zero-order valence-corrected chi connectivity index (χ0v) is 16.4. The molecule has 1 aromatic rings. The molecule has 2 aliphatic rings. The fourth-order valence-corrected chi connectivity index (χ4v) is 5.23. The zero-order chi connectivity index (χ0) is 17.3. The van der Waals surface area contributed by atoms with E-state index < -0.39 is 0 Å². The van der Waals surface area contributed by atoms with E-state index in [1.54, 1.807) is 11.8 Å². The lowest BCUT2D eigenvalue weighted by atomic mass is 10.2. The first-order valence-corrected chi connectivity index (χ1v) is 11.3. The Morgan fingerprint density at radius 1 is 1.20 bits per heavy atom. The molecule has 0 bridgehead atoms. The van der Waals surface area contributed by atoms with Crippen LogP contribution in [0.2, 0.25) is 0 Å². The van der Waals surface area contributed by atoms with Gasteiger partial charge in [-0.3, -0.25) is 9.69 Å². The lowest BCUT2D eigenvalue weighted by molar-refractivity contribution is -0.133. The van der Waals surface area contributed by atoms with Crippen LogP contribution in [0.3, 0.4) is 0 Å². The molecule has 0 unspecified atom stereocenters. The van der Waals surface area contributed by atoms with Crippen LogP contribution in [0.1, 0.15) is 12.8 Å². The van der Waals surface area contributed by atoms with Gasteiger partial charge in [-0.15, -0.1) is 11.8 Å². The van der Waals surface area contributed by atoms with Crippen molar-refractivity contribution in [1.29, 1.82) is 0 Å². The van der Waals surface area contributed by atoms with Crippen LogP contribution in [-0.4, -0.2) is 78.4 Å². The number of carbonyl (C=O) groups is 1. The molecule has 0 aliphatic carbocycles. The molecule has 0 N–H and O–H groups in total. The summed E-state index contributed by atoms with van der Waals surface area (Å²) in [4.78, 5) is 18.7. The molecule has 6 heteroatoms. The van der Waals surface area contributed by atoms with Crippen molar-refractivity contribution in [1.82, 2.24) is 9.80 Å². The number of amides is 1. The van der Waals surface area contributed by atoms with Crippen LogP contribution < -0.4 is 0 Å².